The van der Waals surface area contributed by atoms with E-state index in [2.05, 4.69) is 16.3 Å². The van der Waals surface area contributed by atoms with E-state index in [4.69, 9.17) is 9.47 Å². The molecule has 0 aliphatic carbocycles. The lowest BCUT2D eigenvalue weighted by Crippen LogP contribution is -2.52. The van der Waals surface area contributed by atoms with Gasteiger partial charge < -0.3 is 14.8 Å². The molecule has 3 aliphatic heterocycles. The number of likely N-dealkylation sites (tertiary alicyclic amines) is 1. The third-order valence-electron chi connectivity index (χ3n) is 5.83. The minimum Gasteiger partial charge on any atom is -0.497 e. The van der Waals surface area contributed by atoms with Crippen molar-refractivity contribution in [2.45, 2.75) is 25.7 Å². The van der Waals surface area contributed by atoms with Crippen molar-refractivity contribution >= 4 is 12.0 Å². The number of methoxy groups -OCH3 is 1. The number of carbonyl (C=O) groups is 1. The summed E-state index contributed by atoms with van der Waals surface area (Å²) in [7, 11) is 1.68. The minimum absolute atomic E-state index is 0.105. The smallest absolute Gasteiger partial charge is 0.226 e. The predicted octanol–water partition coefficient (Wildman–Crippen LogP) is 2.46. The summed E-state index contributed by atoms with van der Waals surface area (Å²) in [4.78, 5) is 14.7. The van der Waals surface area contributed by atoms with Gasteiger partial charge in [0.2, 0.25) is 5.91 Å². The van der Waals surface area contributed by atoms with Gasteiger partial charge in [-0.1, -0.05) is 0 Å². The second-order valence-electron chi connectivity index (χ2n) is 7.41. The summed E-state index contributed by atoms with van der Waals surface area (Å²) in [6.45, 7) is 4.36. The monoisotopic (exact) mass is 342 g/mol. The molecule has 1 aromatic carbocycles. The van der Waals surface area contributed by atoms with E-state index in [1.165, 1.54) is 5.57 Å². The van der Waals surface area contributed by atoms with Crippen LogP contribution >= 0.6 is 0 Å². The molecule has 134 valence electrons. The van der Waals surface area contributed by atoms with Gasteiger partial charge in [-0.05, 0) is 68.6 Å². The van der Waals surface area contributed by atoms with Crippen LogP contribution in [0.15, 0.2) is 23.8 Å². The summed E-state index contributed by atoms with van der Waals surface area (Å²) in [5.74, 6) is 2.05. The quantitative estimate of drug-likeness (QED) is 0.917. The van der Waals surface area contributed by atoms with Gasteiger partial charge in [0.25, 0.3) is 0 Å². The molecule has 0 atom stereocenters. The molecule has 1 spiro atoms. The van der Waals surface area contributed by atoms with Gasteiger partial charge in [0, 0.05) is 18.7 Å². The standard InChI is InChI=1S/C20H26N2O3/c1-24-17-3-4-18-16(12-17)11-15(14-25-18)13-22-9-6-20(7-10-22)5-2-8-21-19(20)23/h3-4,11-12H,2,5-10,13-14H2,1H3,(H,21,23). The third-order valence-corrected chi connectivity index (χ3v) is 5.83. The van der Waals surface area contributed by atoms with Gasteiger partial charge in [-0.25, -0.2) is 0 Å². The maximum atomic E-state index is 12.3. The fraction of sp³-hybridized carbons (Fsp3) is 0.550. The number of piperidine rings is 2. The summed E-state index contributed by atoms with van der Waals surface area (Å²) in [6.07, 6.45) is 6.32. The Balaban J connectivity index is 1.40. The van der Waals surface area contributed by atoms with E-state index in [1.807, 2.05) is 18.2 Å². The highest BCUT2D eigenvalue weighted by Crippen LogP contribution is 2.38. The Bertz CT molecular complexity index is 690. The molecule has 1 amide bonds. The summed E-state index contributed by atoms with van der Waals surface area (Å²) >= 11 is 0. The van der Waals surface area contributed by atoms with Crippen LogP contribution in [-0.2, 0) is 4.79 Å². The zero-order valence-electron chi connectivity index (χ0n) is 14.8. The normalized spacial score (nSPS) is 22.6. The van der Waals surface area contributed by atoms with E-state index < -0.39 is 0 Å². The van der Waals surface area contributed by atoms with Crippen molar-refractivity contribution in [3.63, 3.8) is 0 Å². The lowest BCUT2D eigenvalue weighted by Gasteiger charge is -2.43. The maximum Gasteiger partial charge on any atom is 0.226 e. The number of fused-ring (bicyclic) bond motifs is 1. The van der Waals surface area contributed by atoms with Crippen molar-refractivity contribution in [2.75, 3.05) is 39.9 Å². The van der Waals surface area contributed by atoms with E-state index in [9.17, 15) is 4.79 Å². The molecule has 3 aliphatic rings. The maximum absolute atomic E-state index is 12.3. The Labute approximate surface area is 149 Å². The fourth-order valence-electron chi connectivity index (χ4n) is 4.25. The largest absolute Gasteiger partial charge is 0.497 e. The van der Waals surface area contributed by atoms with Crippen LogP contribution in [0, 0.1) is 5.41 Å². The topological polar surface area (TPSA) is 50.8 Å². The van der Waals surface area contributed by atoms with Crippen molar-refractivity contribution < 1.29 is 14.3 Å². The Morgan fingerprint density at radius 3 is 2.88 bits per heavy atom. The Kier molecular flexibility index (Phi) is 4.42. The van der Waals surface area contributed by atoms with E-state index in [0.717, 1.165) is 68.9 Å². The molecule has 4 rings (SSSR count). The van der Waals surface area contributed by atoms with Gasteiger partial charge in [0.15, 0.2) is 0 Å². The second kappa shape index (κ2) is 6.71. The molecule has 0 aromatic heterocycles. The van der Waals surface area contributed by atoms with E-state index in [-0.39, 0.29) is 11.3 Å². The fourth-order valence-corrected chi connectivity index (χ4v) is 4.25. The number of nitrogens with one attached hydrogen (secondary N) is 1. The van der Waals surface area contributed by atoms with Gasteiger partial charge in [-0.2, -0.15) is 0 Å². The molecule has 3 heterocycles. The number of rotatable bonds is 3. The number of nitrogens with zero attached hydrogens (tertiary/aromatic N) is 1. The van der Waals surface area contributed by atoms with Crippen LogP contribution in [0.1, 0.15) is 31.2 Å². The lowest BCUT2D eigenvalue weighted by molar-refractivity contribution is -0.136. The molecule has 2 saturated heterocycles. The molecule has 0 radical (unpaired) electrons. The number of hydrogen-bond donors (Lipinski definition) is 1. The average molecular weight is 342 g/mol. The first-order valence-electron chi connectivity index (χ1n) is 9.19. The SMILES string of the molecule is COc1ccc2c(c1)C=C(CN1CCC3(CCCNC3=O)CC1)CO2. The Morgan fingerprint density at radius 1 is 1.28 bits per heavy atom. The van der Waals surface area contributed by atoms with E-state index in [1.54, 1.807) is 7.11 Å². The highest BCUT2D eigenvalue weighted by atomic mass is 16.5. The molecular weight excluding hydrogens is 316 g/mol. The average Bonchev–Trinajstić information content (AvgIpc) is 2.65. The van der Waals surface area contributed by atoms with Crippen LogP contribution < -0.4 is 14.8 Å². The molecule has 0 unspecified atom stereocenters. The van der Waals surface area contributed by atoms with Gasteiger partial charge >= 0.3 is 0 Å². The number of carbonyl (C=O) groups excluding carboxylic acids is 1. The van der Waals surface area contributed by atoms with Gasteiger partial charge in [-0.15, -0.1) is 0 Å². The third kappa shape index (κ3) is 3.25. The van der Waals surface area contributed by atoms with Gasteiger partial charge in [-0.3, -0.25) is 9.69 Å². The number of amides is 1. The zero-order chi connectivity index (χ0) is 17.3. The molecule has 5 nitrogen and oxygen atoms in total. The van der Waals surface area contributed by atoms with E-state index >= 15 is 0 Å². The molecule has 0 bridgehead atoms. The molecular formula is C20H26N2O3. The van der Waals surface area contributed by atoms with Crippen molar-refractivity contribution in [2.24, 2.45) is 5.41 Å². The van der Waals surface area contributed by atoms with Crippen LogP contribution in [-0.4, -0.2) is 50.7 Å². The lowest BCUT2D eigenvalue weighted by atomic mass is 9.72. The zero-order valence-corrected chi connectivity index (χ0v) is 14.8. The van der Waals surface area contributed by atoms with E-state index in [0.29, 0.717) is 6.61 Å². The van der Waals surface area contributed by atoms with Gasteiger partial charge in [0.05, 0.1) is 12.5 Å². The minimum atomic E-state index is -0.105. The summed E-state index contributed by atoms with van der Waals surface area (Å²) in [5, 5.41) is 3.06. The molecule has 5 heteroatoms. The molecule has 0 saturated carbocycles. The predicted molar refractivity (Wildman–Crippen MR) is 96.8 cm³/mol. The van der Waals surface area contributed by atoms with Crippen LogP contribution in [0.4, 0.5) is 0 Å². The molecule has 1 aromatic rings. The highest BCUT2D eigenvalue weighted by molar-refractivity contribution is 5.83. The van der Waals surface area contributed by atoms with Crippen molar-refractivity contribution in [3.8, 4) is 11.5 Å². The van der Waals surface area contributed by atoms with Crippen LogP contribution in [0.25, 0.3) is 6.08 Å². The second-order valence-corrected chi connectivity index (χ2v) is 7.41. The van der Waals surface area contributed by atoms with Gasteiger partial charge in [0.1, 0.15) is 18.1 Å². The van der Waals surface area contributed by atoms with Crippen molar-refractivity contribution in [3.05, 3.63) is 29.3 Å². The molecule has 25 heavy (non-hydrogen) atoms. The summed E-state index contributed by atoms with van der Waals surface area (Å²) in [6, 6.07) is 5.91. The molecule has 2 fully saturated rings. The number of hydrogen-bond acceptors (Lipinski definition) is 4. The Hall–Kier alpha value is -2.01. The Morgan fingerprint density at radius 2 is 2.12 bits per heavy atom. The van der Waals surface area contributed by atoms with Crippen LogP contribution in [0.5, 0.6) is 11.5 Å². The number of ether oxygens (including phenoxy) is 2. The number of benzene rings is 1. The highest BCUT2D eigenvalue weighted by Gasteiger charge is 2.42. The first kappa shape index (κ1) is 16.5. The molecule has 1 N–H and O–H groups in total. The summed E-state index contributed by atoms with van der Waals surface area (Å²) in [5.41, 5.74) is 2.26. The van der Waals surface area contributed by atoms with Crippen molar-refractivity contribution in [1.82, 2.24) is 10.2 Å². The summed E-state index contributed by atoms with van der Waals surface area (Å²) < 4.78 is 11.2. The van der Waals surface area contributed by atoms with Crippen LogP contribution in [0.2, 0.25) is 0 Å². The first-order valence-corrected chi connectivity index (χ1v) is 9.19. The first-order chi connectivity index (χ1) is 12.2. The van der Waals surface area contributed by atoms with Crippen LogP contribution in [0.3, 0.4) is 0 Å². The van der Waals surface area contributed by atoms with Crippen molar-refractivity contribution in [1.29, 1.82) is 0 Å².